The van der Waals surface area contributed by atoms with E-state index in [9.17, 15) is 14.7 Å². The van der Waals surface area contributed by atoms with Gasteiger partial charge >= 0.3 is 5.97 Å². The molecule has 1 N–H and O–H groups in total. The van der Waals surface area contributed by atoms with Gasteiger partial charge < -0.3 is 19.3 Å². The summed E-state index contributed by atoms with van der Waals surface area (Å²) in [5, 5.41) is 10.1. The van der Waals surface area contributed by atoms with E-state index in [0.29, 0.717) is 50.9 Å². The lowest BCUT2D eigenvalue weighted by Gasteiger charge is -2.25. The van der Waals surface area contributed by atoms with Crippen molar-refractivity contribution in [2.45, 2.75) is 33.4 Å². The van der Waals surface area contributed by atoms with Gasteiger partial charge in [-0.3, -0.25) is 9.36 Å². The van der Waals surface area contributed by atoms with Crippen molar-refractivity contribution in [3.05, 3.63) is 120 Å². The number of nitrogens with zero attached hydrogens (tertiary/aromatic N) is 2. The van der Waals surface area contributed by atoms with Crippen LogP contribution in [-0.2, 0) is 16.1 Å². The Morgan fingerprint density at radius 2 is 1.76 bits per heavy atom. The number of carbonyl (C=O) groups is 1. The van der Waals surface area contributed by atoms with E-state index in [1.165, 1.54) is 17.4 Å². The fourth-order valence-corrected chi connectivity index (χ4v) is 5.70. The van der Waals surface area contributed by atoms with Gasteiger partial charge in [-0.25, -0.2) is 9.79 Å². The molecule has 5 rings (SSSR count). The summed E-state index contributed by atoms with van der Waals surface area (Å²) in [5.74, 6) is 0.508. The number of fused-ring (bicyclic) bond motifs is 1. The van der Waals surface area contributed by atoms with Crippen LogP contribution in [0.15, 0.2) is 93.9 Å². The number of hydrogen-bond donors (Lipinski definition) is 1. The van der Waals surface area contributed by atoms with E-state index in [-0.39, 0.29) is 17.9 Å². The summed E-state index contributed by atoms with van der Waals surface area (Å²) in [5.41, 5.74) is 2.76. The van der Waals surface area contributed by atoms with Crippen molar-refractivity contribution in [2.75, 3.05) is 13.2 Å². The zero-order valence-electron chi connectivity index (χ0n) is 23.0. The second-order valence-corrected chi connectivity index (χ2v) is 10.3. The van der Waals surface area contributed by atoms with Crippen LogP contribution in [0.25, 0.3) is 6.08 Å². The Labute approximate surface area is 241 Å². The van der Waals surface area contributed by atoms with E-state index >= 15 is 0 Å². The first-order valence-electron chi connectivity index (χ1n) is 13.3. The van der Waals surface area contributed by atoms with E-state index in [0.717, 1.165) is 11.1 Å². The first kappa shape index (κ1) is 27.9. The molecule has 1 aliphatic heterocycles. The van der Waals surface area contributed by atoms with Crippen LogP contribution in [0.3, 0.4) is 0 Å². The third-order valence-corrected chi connectivity index (χ3v) is 7.53. The number of phenols is 1. The summed E-state index contributed by atoms with van der Waals surface area (Å²) in [6.45, 7) is 6.50. The number of thiazole rings is 1. The fraction of sp³-hybridized carbons (Fsp3) is 0.219. The molecular formula is C32H30N2O6S. The van der Waals surface area contributed by atoms with Gasteiger partial charge in [-0.05, 0) is 67.8 Å². The number of carbonyl (C=O) groups excluding carboxylic acids is 1. The maximum atomic E-state index is 13.9. The number of allylic oxidation sites excluding steroid dienone is 1. The molecule has 2 heterocycles. The molecule has 0 aliphatic carbocycles. The van der Waals surface area contributed by atoms with Gasteiger partial charge in [-0.1, -0.05) is 59.9 Å². The zero-order chi connectivity index (χ0) is 28.9. The minimum absolute atomic E-state index is 0.0234. The molecule has 210 valence electrons. The summed E-state index contributed by atoms with van der Waals surface area (Å²) in [4.78, 5) is 32.6. The summed E-state index contributed by atoms with van der Waals surface area (Å²) in [7, 11) is 0. The number of benzene rings is 3. The van der Waals surface area contributed by atoms with Gasteiger partial charge in [0.25, 0.3) is 5.56 Å². The largest absolute Gasteiger partial charge is 0.504 e. The number of ether oxygens (including phenoxy) is 3. The predicted octanol–water partition coefficient (Wildman–Crippen LogP) is 4.48. The molecule has 8 nitrogen and oxygen atoms in total. The minimum atomic E-state index is -0.744. The van der Waals surface area contributed by atoms with Gasteiger partial charge in [-0.2, -0.15) is 0 Å². The van der Waals surface area contributed by atoms with Crippen LogP contribution < -0.4 is 24.4 Å². The van der Waals surface area contributed by atoms with Crippen LogP contribution in [0.1, 0.15) is 43.5 Å². The molecule has 0 bridgehead atoms. The van der Waals surface area contributed by atoms with Crippen LogP contribution in [0, 0.1) is 0 Å². The molecule has 41 heavy (non-hydrogen) atoms. The Kier molecular flexibility index (Phi) is 8.35. The molecule has 0 saturated carbocycles. The lowest BCUT2D eigenvalue weighted by atomic mass is 9.96. The van der Waals surface area contributed by atoms with Gasteiger partial charge in [0, 0.05) is 0 Å². The number of hydrogen-bond acceptors (Lipinski definition) is 8. The second-order valence-electron chi connectivity index (χ2n) is 9.31. The third-order valence-electron chi connectivity index (χ3n) is 6.54. The van der Waals surface area contributed by atoms with Gasteiger partial charge in [0.1, 0.15) is 12.4 Å². The van der Waals surface area contributed by atoms with Gasteiger partial charge in [0.2, 0.25) is 0 Å². The highest BCUT2D eigenvalue weighted by Crippen LogP contribution is 2.32. The zero-order valence-corrected chi connectivity index (χ0v) is 23.8. The first-order valence-corrected chi connectivity index (χ1v) is 14.1. The van der Waals surface area contributed by atoms with Crippen molar-refractivity contribution >= 4 is 23.4 Å². The third kappa shape index (κ3) is 5.95. The lowest BCUT2D eigenvalue weighted by molar-refractivity contribution is -0.140. The molecule has 0 saturated heterocycles. The molecule has 9 heteroatoms. The molecule has 3 aromatic carbocycles. The topological polar surface area (TPSA) is 99.4 Å². The quantitative estimate of drug-likeness (QED) is 0.298. The van der Waals surface area contributed by atoms with E-state index in [1.807, 2.05) is 68.4 Å². The van der Waals surface area contributed by atoms with Crippen molar-refractivity contribution in [3.63, 3.8) is 0 Å². The molecular weight excluding hydrogens is 540 g/mol. The maximum Gasteiger partial charge on any atom is 0.338 e. The van der Waals surface area contributed by atoms with Crippen molar-refractivity contribution in [2.24, 2.45) is 4.99 Å². The SMILES string of the molecule is CCOc1ccc(C2C(C(=O)OCc3ccccc3)=C(C)N=c3s/c(=C\c4ccc(O)c(OCC)c4)c(=O)n32)cc1. The highest BCUT2D eigenvalue weighted by Gasteiger charge is 2.33. The number of aromatic nitrogens is 1. The van der Waals surface area contributed by atoms with E-state index in [4.69, 9.17) is 14.2 Å². The predicted molar refractivity (Wildman–Crippen MR) is 157 cm³/mol. The number of aromatic hydroxyl groups is 1. The first-order chi connectivity index (χ1) is 19.9. The standard InChI is InChI=1S/C32H30N2O6S/c1-4-38-24-14-12-23(13-15-24)29-28(31(37)40-19-21-9-7-6-8-10-21)20(3)33-32-34(29)30(36)27(41-32)18-22-11-16-25(35)26(17-22)39-5-2/h6-18,29,35H,4-5,19H2,1-3H3/b27-18-. The normalized spacial score (nSPS) is 14.8. The average Bonchev–Trinajstić information content (AvgIpc) is 3.28. The van der Waals surface area contributed by atoms with Gasteiger partial charge in [0.15, 0.2) is 16.3 Å². The Morgan fingerprint density at radius 1 is 1.02 bits per heavy atom. The molecule has 1 aliphatic rings. The van der Waals surface area contributed by atoms with Crippen LogP contribution in [0.2, 0.25) is 0 Å². The molecule has 1 unspecified atom stereocenters. The van der Waals surface area contributed by atoms with Gasteiger partial charge in [-0.15, -0.1) is 0 Å². The molecule has 0 radical (unpaired) electrons. The Balaban J connectivity index is 1.60. The Morgan fingerprint density at radius 3 is 2.46 bits per heavy atom. The molecule has 0 fully saturated rings. The molecule has 0 spiro atoms. The number of esters is 1. The smallest absolute Gasteiger partial charge is 0.338 e. The van der Waals surface area contributed by atoms with Crippen molar-refractivity contribution < 1.29 is 24.1 Å². The van der Waals surface area contributed by atoms with E-state index < -0.39 is 12.0 Å². The average molecular weight is 571 g/mol. The summed E-state index contributed by atoms with van der Waals surface area (Å²) in [6, 6.07) is 20.9. The van der Waals surface area contributed by atoms with Gasteiger partial charge in [0.05, 0.1) is 35.1 Å². The maximum absolute atomic E-state index is 13.9. The molecule has 0 amide bonds. The summed E-state index contributed by atoms with van der Waals surface area (Å²) < 4.78 is 18.8. The van der Waals surface area contributed by atoms with Crippen molar-refractivity contribution in [3.8, 4) is 17.2 Å². The van der Waals surface area contributed by atoms with Crippen molar-refractivity contribution in [1.82, 2.24) is 4.57 Å². The number of rotatable bonds is 9. The second kappa shape index (κ2) is 12.3. The fourth-order valence-electron chi connectivity index (χ4n) is 4.65. The van der Waals surface area contributed by atoms with E-state index in [2.05, 4.69) is 4.99 Å². The van der Waals surface area contributed by atoms with Crippen LogP contribution in [0.4, 0.5) is 0 Å². The van der Waals surface area contributed by atoms with E-state index in [1.54, 1.807) is 29.7 Å². The van der Waals surface area contributed by atoms with Crippen LogP contribution >= 0.6 is 11.3 Å². The number of phenolic OH excluding ortho intramolecular Hbond substituents is 1. The lowest BCUT2D eigenvalue weighted by Crippen LogP contribution is -2.39. The molecule has 4 aromatic rings. The highest BCUT2D eigenvalue weighted by molar-refractivity contribution is 7.07. The highest BCUT2D eigenvalue weighted by atomic mass is 32.1. The minimum Gasteiger partial charge on any atom is -0.504 e. The summed E-state index contributed by atoms with van der Waals surface area (Å²) >= 11 is 1.23. The Hall–Kier alpha value is -4.63. The van der Waals surface area contributed by atoms with Crippen molar-refractivity contribution in [1.29, 1.82) is 0 Å². The molecule has 1 aromatic heterocycles. The molecule has 1 atom stereocenters. The van der Waals surface area contributed by atoms with Crippen LogP contribution in [0.5, 0.6) is 17.2 Å². The summed E-state index contributed by atoms with van der Waals surface area (Å²) in [6.07, 6.45) is 1.73. The monoisotopic (exact) mass is 570 g/mol. The van der Waals surface area contributed by atoms with Crippen LogP contribution in [-0.4, -0.2) is 28.9 Å². The Bertz CT molecular complexity index is 1770.